The van der Waals surface area contributed by atoms with Gasteiger partial charge in [-0.15, -0.1) is 11.3 Å². The first kappa shape index (κ1) is 16.1. The van der Waals surface area contributed by atoms with E-state index in [1.54, 1.807) is 11.3 Å². The molecular formula is C14H24N2O2S. The van der Waals surface area contributed by atoms with Crippen LogP contribution in [0.25, 0.3) is 0 Å². The van der Waals surface area contributed by atoms with Crippen molar-refractivity contribution in [1.29, 1.82) is 0 Å². The quantitative estimate of drug-likeness (QED) is 0.808. The molecule has 1 aromatic heterocycles. The van der Waals surface area contributed by atoms with Crippen LogP contribution in [-0.2, 0) is 11.2 Å². The number of carbonyl (C=O) groups excluding carboxylic acids is 1. The van der Waals surface area contributed by atoms with E-state index in [2.05, 4.69) is 24.1 Å². The van der Waals surface area contributed by atoms with Gasteiger partial charge >= 0.3 is 0 Å². The minimum Gasteiger partial charge on any atom is -0.388 e. The highest BCUT2D eigenvalue weighted by Crippen LogP contribution is 2.19. The van der Waals surface area contributed by atoms with Gasteiger partial charge < -0.3 is 10.4 Å². The Hall–Kier alpha value is -0.940. The van der Waals surface area contributed by atoms with Crippen molar-refractivity contribution in [3.8, 4) is 0 Å². The van der Waals surface area contributed by atoms with Crippen LogP contribution in [0, 0.1) is 0 Å². The SMILES string of the molecule is CCC(O)(CC)CNC(=O)Cc1csc(C(C)C)n1. The summed E-state index contributed by atoms with van der Waals surface area (Å²) in [6, 6.07) is 0. The fourth-order valence-corrected chi connectivity index (χ4v) is 2.49. The third-order valence-corrected chi connectivity index (χ3v) is 4.53. The van der Waals surface area contributed by atoms with Gasteiger partial charge in [0.15, 0.2) is 0 Å². The summed E-state index contributed by atoms with van der Waals surface area (Å²) in [6.45, 7) is 8.33. The Morgan fingerprint density at radius 2 is 2.11 bits per heavy atom. The Kier molecular flexibility index (Phi) is 5.94. The lowest BCUT2D eigenvalue weighted by molar-refractivity contribution is -0.121. The highest BCUT2D eigenvalue weighted by atomic mass is 32.1. The van der Waals surface area contributed by atoms with Gasteiger partial charge in [0, 0.05) is 17.8 Å². The number of amides is 1. The monoisotopic (exact) mass is 284 g/mol. The fourth-order valence-electron chi connectivity index (χ4n) is 1.66. The van der Waals surface area contributed by atoms with Crippen LogP contribution < -0.4 is 5.32 Å². The lowest BCUT2D eigenvalue weighted by Crippen LogP contribution is -2.42. The second-order valence-electron chi connectivity index (χ2n) is 5.22. The van der Waals surface area contributed by atoms with Crippen LogP contribution in [0.1, 0.15) is 57.2 Å². The molecule has 0 aliphatic carbocycles. The van der Waals surface area contributed by atoms with E-state index in [-0.39, 0.29) is 12.3 Å². The molecule has 0 saturated carbocycles. The summed E-state index contributed by atoms with van der Waals surface area (Å²) in [6.07, 6.45) is 1.56. The summed E-state index contributed by atoms with van der Waals surface area (Å²) in [5, 5.41) is 15.9. The van der Waals surface area contributed by atoms with Crippen LogP contribution in [0.2, 0.25) is 0 Å². The number of hydrogen-bond donors (Lipinski definition) is 2. The minimum atomic E-state index is -0.791. The van der Waals surface area contributed by atoms with Gasteiger partial charge in [-0.05, 0) is 12.8 Å². The molecule has 0 aliphatic heterocycles. The Bertz CT molecular complexity index is 411. The van der Waals surface area contributed by atoms with Crippen LogP contribution in [0.5, 0.6) is 0 Å². The molecule has 19 heavy (non-hydrogen) atoms. The summed E-state index contributed by atoms with van der Waals surface area (Å²) < 4.78 is 0. The summed E-state index contributed by atoms with van der Waals surface area (Å²) in [4.78, 5) is 16.2. The van der Waals surface area contributed by atoms with Crippen LogP contribution in [0.15, 0.2) is 5.38 Å². The van der Waals surface area contributed by atoms with Gasteiger partial charge in [0.1, 0.15) is 0 Å². The van der Waals surface area contributed by atoms with Crippen LogP contribution in [0.3, 0.4) is 0 Å². The first-order chi connectivity index (χ1) is 8.90. The molecule has 0 fully saturated rings. The Morgan fingerprint density at radius 3 is 2.58 bits per heavy atom. The van der Waals surface area contributed by atoms with E-state index in [1.807, 2.05) is 19.2 Å². The molecule has 1 aromatic rings. The van der Waals surface area contributed by atoms with Gasteiger partial charge in [-0.1, -0.05) is 27.7 Å². The predicted molar refractivity (Wildman–Crippen MR) is 78.4 cm³/mol. The molecule has 1 amide bonds. The van der Waals surface area contributed by atoms with Gasteiger partial charge in [0.2, 0.25) is 5.91 Å². The maximum absolute atomic E-state index is 11.8. The molecule has 0 aliphatic rings. The van der Waals surface area contributed by atoms with Crippen molar-refractivity contribution in [3.05, 3.63) is 16.1 Å². The van der Waals surface area contributed by atoms with Crippen molar-refractivity contribution < 1.29 is 9.90 Å². The van der Waals surface area contributed by atoms with Crippen molar-refractivity contribution in [2.75, 3.05) is 6.54 Å². The van der Waals surface area contributed by atoms with Crippen LogP contribution in [0.4, 0.5) is 0 Å². The zero-order valence-electron chi connectivity index (χ0n) is 12.2. The molecule has 1 heterocycles. The van der Waals surface area contributed by atoms with Crippen LogP contribution in [-0.4, -0.2) is 28.1 Å². The minimum absolute atomic E-state index is 0.0825. The molecule has 1 rings (SSSR count). The van der Waals surface area contributed by atoms with Gasteiger partial charge in [0.25, 0.3) is 0 Å². The van der Waals surface area contributed by atoms with E-state index in [4.69, 9.17) is 0 Å². The molecule has 2 N–H and O–H groups in total. The van der Waals surface area contributed by atoms with E-state index >= 15 is 0 Å². The summed E-state index contributed by atoms with van der Waals surface area (Å²) in [5.74, 6) is 0.313. The topological polar surface area (TPSA) is 62.2 Å². The van der Waals surface area contributed by atoms with Crippen molar-refractivity contribution in [2.24, 2.45) is 0 Å². The first-order valence-corrected chi connectivity index (χ1v) is 7.71. The van der Waals surface area contributed by atoms with Gasteiger partial charge in [-0.2, -0.15) is 0 Å². The number of rotatable bonds is 7. The molecule has 0 aromatic carbocycles. The third-order valence-electron chi connectivity index (χ3n) is 3.34. The smallest absolute Gasteiger partial charge is 0.226 e. The van der Waals surface area contributed by atoms with E-state index in [0.717, 1.165) is 10.7 Å². The standard InChI is InChI=1S/C14H24N2O2S/c1-5-14(18,6-2)9-15-12(17)7-11-8-19-13(16-11)10(3)4/h8,10,18H,5-7,9H2,1-4H3,(H,15,17). The zero-order chi connectivity index (χ0) is 14.5. The summed E-state index contributed by atoms with van der Waals surface area (Å²) in [7, 11) is 0. The lowest BCUT2D eigenvalue weighted by atomic mass is 9.97. The maximum atomic E-state index is 11.8. The summed E-state index contributed by atoms with van der Waals surface area (Å²) in [5.41, 5.74) is 0.0172. The number of nitrogens with zero attached hydrogens (tertiary/aromatic N) is 1. The zero-order valence-corrected chi connectivity index (χ0v) is 13.0. The fraction of sp³-hybridized carbons (Fsp3) is 0.714. The molecule has 0 bridgehead atoms. The van der Waals surface area contributed by atoms with E-state index < -0.39 is 5.60 Å². The van der Waals surface area contributed by atoms with Crippen molar-refractivity contribution in [3.63, 3.8) is 0 Å². The molecule has 0 spiro atoms. The van der Waals surface area contributed by atoms with Crippen molar-refractivity contribution >= 4 is 17.2 Å². The Balaban J connectivity index is 2.46. The number of carbonyl (C=O) groups is 1. The molecule has 0 radical (unpaired) electrons. The molecular weight excluding hydrogens is 260 g/mol. The lowest BCUT2D eigenvalue weighted by Gasteiger charge is -2.25. The first-order valence-electron chi connectivity index (χ1n) is 6.83. The summed E-state index contributed by atoms with van der Waals surface area (Å²) >= 11 is 1.59. The number of aromatic nitrogens is 1. The highest BCUT2D eigenvalue weighted by Gasteiger charge is 2.22. The predicted octanol–water partition coefficient (Wildman–Crippen LogP) is 2.48. The molecule has 0 atom stereocenters. The van der Waals surface area contributed by atoms with Crippen molar-refractivity contribution in [2.45, 2.75) is 58.5 Å². The highest BCUT2D eigenvalue weighted by molar-refractivity contribution is 7.09. The third kappa shape index (κ3) is 4.91. The number of thiazole rings is 1. The average molecular weight is 284 g/mol. The van der Waals surface area contributed by atoms with Gasteiger partial charge in [0.05, 0.1) is 22.7 Å². The average Bonchev–Trinajstić information content (AvgIpc) is 2.84. The number of aliphatic hydroxyl groups is 1. The second kappa shape index (κ2) is 7.01. The number of nitrogens with one attached hydrogen (secondary N) is 1. The largest absolute Gasteiger partial charge is 0.388 e. The Labute approximate surface area is 119 Å². The molecule has 4 nitrogen and oxygen atoms in total. The van der Waals surface area contributed by atoms with Gasteiger partial charge in [-0.3, -0.25) is 4.79 Å². The molecule has 0 saturated heterocycles. The van der Waals surface area contributed by atoms with E-state index in [0.29, 0.717) is 25.3 Å². The number of hydrogen-bond acceptors (Lipinski definition) is 4. The molecule has 0 unspecified atom stereocenters. The molecule has 108 valence electrons. The van der Waals surface area contributed by atoms with E-state index in [1.165, 1.54) is 0 Å². The second-order valence-corrected chi connectivity index (χ2v) is 6.11. The maximum Gasteiger partial charge on any atom is 0.226 e. The van der Waals surface area contributed by atoms with Gasteiger partial charge in [-0.25, -0.2) is 4.98 Å². The normalized spacial score (nSPS) is 11.9. The van der Waals surface area contributed by atoms with E-state index in [9.17, 15) is 9.90 Å². The molecule has 5 heteroatoms. The van der Waals surface area contributed by atoms with Crippen molar-refractivity contribution in [1.82, 2.24) is 10.3 Å². The Morgan fingerprint density at radius 1 is 1.47 bits per heavy atom. The van der Waals surface area contributed by atoms with Crippen LogP contribution >= 0.6 is 11.3 Å².